The van der Waals surface area contributed by atoms with Gasteiger partial charge in [0.15, 0.2) is 5.96 Å². The Labute approximate surface area is 140 Å². The zero-order valence-corrected chi connectivity index (χ0v) is 15.0. The number of nitrogens with zero attached hydrogens (tertiary/aromatic N) is 2. The molecule has 0 heterocycles. The normalized spacial score (nSPS) is 12.2. The molecule has 0 amide bonds. The van der Waals surface area contributed by atoms with Crippen LogP contribution in [0.4, 0.5) is 0 Å². The lowest BCUT2D eigenvalue weighted by molar-refractivity contribution is 0.145. The van der Waals surface area contributed by atoms with Crippen LogP contribution < -0.4 is 11.1 Å². The molecule has 0 aliphatic heterocycles. The Morgan fingerprint density at radius 3 is 2.65 bits per heavy atom. The van der Waals surface area contributed by atoms with E-state index >= 15 is 0 Å². The molecule has 5 nitrogen and oxygen atoms in total. The van der Waals surface area contributed by atoms with Gasteiger partial charge in [0.05, 0.1) is 6.54 Å². The predicted molar refractivity (Wildman–Crippen MR) is 97.5 cm³/mol. The maximum Gasteiger partial charge on any atom is 0.188 e. The number of guanidine groups is 1. The third-order valence-electron chi connectivity index (χ3n) is 3.82. The minimum atomic E-state index is 0.494. The second-order valence-corrected chi connectivity index (χ2v) is 5.96. The summed E-state index contributed by atoms with van der Waals surface area (Å²) in [6.07, 6.45) is 0.930. The van der Waals surface area contributed by atoms with Gasteiger partial charge < -0.3 is 15.8 Å². The van der Waals surface area contributed by atoms with Crippen LogP contribution in [0, 0.1) is 0 Å². The number of rotatable bonds is 10. The zero-order valence-electron chi connectivity index (χ0n) is 15.0. The van der Waals surface area contributed by atoms with E-state index in [1.54, 1.807) is 0 Å². The van der Waals surface area contributed by atoms with Crippen LogP contribution in [0.15, 0.2) is 29.3 Å². The minimum Gasteiger partial charge on any atom is -0.382 e. The average Bonchev–Trinajstić information content (AvgIpc) is 2.53. The molecule has 130 valence electrons. The molecule has 0 atom stereocenters. The number of aliphatic imine (C=N–C) groups is 1. The molecule has 0 saturated heterocycles. The van der Waals surface area contributed by atoms with Crippen LogP contribution in [0.5, 0.6) is 0 Å². The van der Waals surface area contributed by atoms with Gasteiger partial charge in [0.2, 0.25) is 0 Å². The van der Waals surface area contributed by atoms with Gasteiger partial charge in [0, 0.05) is 32.3 Å². The Morgan fingerprint density at radius 1 is 1.30 bits per heavy atom. The van der Waals surface area contributed by atoms with Gasteiger partial charge in [0.25, 0.3) is 0 Å². The summed E-state index contributed by atoms with van der Waals surface area (Å²) in [5.41, 5.74) is 8.45. The van der Waals surface area contributed by atoms with Crippen molar-refractivity contribution in [3.63, 3.8) is 0 Å². The summed E-state index contributed by atoms with van der Waals surface area (Å²) >= 11 is 0. The Hall–Kier alpha value is -1.59. The number of nitrogens with two attached hydrogens (primary N) is 1. The molecule has 1 aromatic carbocycles. The summed E-state index contributed by atoms with van der Waals surface area (Å²) in [6, 6.07) is 8.93. The van der Waals surface area contributed by atoms with E-state index in [4.69, 9.17) is 10.5 Å². The Morgan fingerprint density at radius 2 is 2.00 bits per heavy atom. The lowest BCUT2D eigenvalue weighted by atomic mass is 10.1. The lowest BCUT2D eigenvalue weighted by Crippen LogP contribution is -2.33. The molecule has 0 aliphatic rings. The molecule has 0 saturated carbocycles. The lowest BCUT2D eigenvalue weighted by Gasteiger charge is -2.22. The van der Waals surface area contributed by atoms with E-state index in [1.165, 1.54) is 11.1 Å². The second-order valence-electron chi connectivity index (χ2n) is 5.96. The van der Waals surface area contributed by atoms with E-state index < -0.39 is 0 Å². The molecule has 3 N–H and O–H groups in total. The van der Waals surface area contributed by atoms with Gasteiger partial charge >= 0.3 is 0 Å². The fraction of sp³-hybridized carbons (Fsp3) is 0.611. The van der Waals surface area contributed by atoms with Crippen molar-refractivity contribution in [3.05, 3.63) is 35.4 Å². The van der Waals surface area contributed by atoms with Crippen molar-refractivity contribution in [2.45, 2.75) is 46.3 Å². The fourth-order valence-corrected chi connectivity index (χ4v) is 2.08. The van der Waals surface area contributed by atoms with Crippen molar-refractivity contribution in [1.29, 1.82) is 0 Å². The van der Waals surface area contributed by atoms with E-state index in [0.717, 1.165) is 32.7 Å². The molecule has 23 heavy (non-hydrogen) atoms. The first kappa shape index (κ1) is 19.5. The zero-order chi connectivity index (χ0) is 17.1. The quantitative estimate of drug-likeness (QED) is 0.395. The first-order valence-corrected chi connectivity index (χ1v) is 8.43. The smallest absolute Gasteiger partial charge is 0.188 e. The molecule has 1 rings (SSSR count). The first-order valence-electron chi connectivity index (χ1n) is 8.43. The molecular weight excluding hydrogens is 288 g/mol. The van der Waals surface area contributed by atoms with E-state index in [0.29, 0.717) is 18.5 Å². The van der Waals surface area contributed by atoms with E-state index in [2.05, 4.69) is 60.4 Å². The van der Waals surface area contributed by atoms with Crippen molar-refractivity contribution < 1.29 is 4.74 Å². The monoisotopic (exact) mass is 320 g/mol. The summed E-state index contributed by atoms with van der Waals surface area (Å²) in [5, 5.41) is 3.13. The predicted octanol–water partition coefficient (Wildman–Crippen LogP) is 2.36. The number of ether oxygens (including phenoxy) is 1. The van der Waals surface area contributed by atoms with Crippen LogP contribution >= 0.6 is 0 Å². The van der Waals surface area contributed by atoms with Crippen LogP contribution in [-0.4, -0.2) is 43.7 Å². The molecule has 5 heteroatoms. The summed E-state index contributed by atoms with van der Waals surface area (Å²) in [5.74, 6) is 0.494. The van der Waals surface area contributed by atoms with E-state index in [-0.39, 0.29) is 0 Å². The molecule has 1 aromatic rings. The van der Waals surface area contributed by atoms with Gasteiger partial charge in [-0.25, -0.2) is 4.99 Å². The highest BCUT2D eigenvalue weighted by atomic mass is 16.5. The van der Waals surface area contributed by atoms with Crippen molar-refractivity contribution in [2.24, 2.45) is 10.7 Å². The highest BCUT2D eigenvalue weighted by Crippen LogP contribution is 2.13. The Balaban J connectivity index is 2.51. The van der Waals surface area contributed by atoms with Crippen LogP contribution in [0.1, 0.15) is 38.3 Å². The van der Waals surface area contributed by atoms with Gasteiger partial charge in [-0.15, -0.1) is 0 Å². The van der Waals surface area contributed by atoms with Gasteiger partial charge in [-0.05, 0) is 45.4 Å². The number of benzene rings is 1. The van der Waals surface area contributed by atoms with E-state index in [1.807, 2.05) is 6.92 Å². The summed E-state index contributed by atoms with van der Waals surface area (Å²) < 4.78 is 5.29. The average molecular weight is 320 g/mol. The standard InChI is InChI=1S/C18H32N4O/c1-5-23-12-8-11-20-18(19)21-13-16-9-6-7-10-17(16)14-22(4)15(2)3/h6-7,9-10,15H,5,8,11-14H2,1-4H3,(H3,19,20,21). The number of hydrogen-bond acceptors (Lipinski definition) is 3. The SMILES string of the molecule is CCOCCCNC(N)=NCc1ccccc1CN(C)C(C)C. The van der Waals surface area contributed by atoms with Crippen molar-refractivity contribution >= 4 is 5.96 Å². The minimum absolute atomic E-state index is 0.494. The molecule has 0 aromatic heterocycles. The molecule has 0 aliphatic carbocycles. The Bertz CT molecular complexity index is 474. The van der Waals surface area contributed by atoms with E-state index in [9.17, 15) is 0 Å². The maximum absolute atomic E-state index is 5.92. The topological polar surface area (TPSA) is 62.9 Å². The van der Waals surface area contributed by atoms with Crippen LogP contribution in [0.2, 0.25) is 0 Å². The molecule has 0 spiro atoms. The van der Waals surface area contributed by atoms with Crippen molar-refractivity contribution in [2.75, 3.05) is 26.8 Å². The van der Waals surface area contributed by atoms with Crippen LogP contribution in [-0.2, 0) is 17.8 Å². The van der Waals surface area contributed by atoms with Gasteiger partial charge in [-0.3, -0.25) is 4.90 Å². The van der Waals surface area contributed by atoms with Crippen LogP contribution in [0.25, 0.3) is 0 Å². The maximum atomic E-state index is 5.92. The highest BCUT2D eigenvalue weighted by molar-refractivity contribution is 5.77. The number of nitrogens with one attached hydrogen (secondary N) is 1. The van der Waals surface area contributed by atoms with Crippen molar-refractivity contribution in [1.82, 2.24) is 10.2 Å². The molecule has 0 bridgehead atoms. The summed E-state index contributed by atoms with van der Waals surface area (Å²) in [6.45, 7) is 10.2. The fourth-order valence-electron chi connectivity index (χ4n) is 2.08. The van der Waals surface area contributed by atoms with Crippen LogP contribution in [0.3, 0.4) is 0 Å². The summed E-state index contributed by atoms with van der Waals surface area (Å²) in [7, 11) is 2.14. The molecular formula is C18H32N4O. The summed E-state index contributed by atoms with van der Waals surface area (Å²) in [4.78, 5) is 6.77. The highest BCUT2D eigenvalue weighted by Gasteiger charge is 2.07. The second kappa shape index (κ2) is 11.0. The van der Waals surface area contributed by atoms with Gasteiger partial charge in [-0.2, -0.15) is 0 Å². The largest absolute Gasteiger partial charge is 0.382 e. The molecule has 0 radical (unpaired) electrons. The van der Waals surface area contributed by atoms with Crippen molar-refractivity contribution in [3.8, 4) is 0 Å². The van der Waals surface area contributed by atoms with Gasteiger partial charge in [-0.1, -0.05) is 24.3 Å². The van der Waals surface area contributed by atoms with Gasteiger partial charge in [0.1, 0.15) is 0 Å². The third-order valence-corrected chi connectivity index (χ3v) is 3.82. The first-order chi connectivity index (χ1) is 11.0. The number of hydrogen-bond donors (Lipinski definition) is 2. The third kappa shape index (κ3) is 8.00. The molecule has 0 fully saturated rings. The Kier molecular flexibility index (Phi) is 9.33. The molecule has 0 unspecified atom stereocenters.